The molecule has 76 valence electrons. The van der Waals surface area contributed by atoms with Crippen molar-refractivity contribution < 1.29 is 14.9 Å². The van der Waals surface area contributed by atoms with Gasteiger partial charge in [-0.15, -0.1) is 0 Å². The van der Waals surface area contributed by atoms with Crippen LogP contribution < -0.4 is 0 Å². The highest BCUT2D eigenvalue weighted by Crippen LogP contribution is 1.93. The first-order chi connectivity index (χ1) is 5.40. The molecule has 0 aromatic carbocycles. The molecule has 0 unspecified atom stereocenters. The van der Waals surface area contributed by atoms with E-state index in [1.807, 2.05) is 27.7 Å². The van der Waals surface area contributed by atoms with Crippen molar-refractivity contribution in [3.05, 3.63) is 0 Å². The summed E-state index contributed by atoms with van der Waals surface area (Å²) in [6.07, 6.45) is 0.0509. The SMILES string of the molecule is CC(C)OC(C)C.CCC(O)O. The molecule has 0 saturated carbocycles. The minimum Gasteiger partial charge on any atom is -0.376 e. The minimum absolute atomic E-state index is 0.375. The van der Waals surface area contributed by atoms with Gasteiger partial charge in [0.05, 0.1) is 12.2 Å². The Labute approximate surface area is 75.4 Å². The molecule has 0 saturated heterocycles. The van der Waals surface area contributed by atoms with Gasteiger partial charge in [0.2, 0.25) is 0 Å². The smallest absolute Gasteiger partial charge is 0.151 e. The van der Waals surface area contributed by atoms with E-state index in [-0.39, 0.29) is 0 Å². The zero-order chi connectivity index (χ0) is 10.1. The average Bonchev–Trinajstić information content (AvgIpc) is 1.85. The molecule has 0 fully saturated rings. The Hall–Kier alpha value is -0.120. The Morgan fingerprint density at radius 1 is 1.00 bits per heavy atom. The minimum atomic E-state index is -1.12. The summed E-state index contributed by atoms with van der Waals surface area (Å²) in [5.74, 6) is 0. The lowest BCUT2D eigenvalue weighted by Gasteiger charge is -2.09. The third kappa shape index (κ3) is 22.5. The maximum Gasteiger partial charge on any atom is 0.151 e. The van der Waals surface area contributed by atoms with Gasteiger partial charge in [0.1, 0.15) is 0 Å². The van der Waals surface area contributed by atoms with Gasteiger partial charge < -0.3 is 14.9 Å². The summed E-state index contributed by atoms with van der Waals surface area (Å²) in [6, 6.07) is 0. The second-order valence-corrected chi connectivity index (χ2v) is 3.12. The molecule has 0 aromatic rings. The summed E-state index contributed by atoms with van der Waals surface area (Å²) in [5.41, 5.74) is 0. The Balaban J connectivity index is 0. The van der Waals surface area contributed by atoms with Crippen molar-refractivity contribution in [2.45, 2.75) is 59.5 Å². The van der Waals surface area contributed by atoms with Gasteiger partial charge in [-0.05, 0) is 34.1 Å². The molecule has 12 heavy (non-hydrogen) atoms. The maximum atomic E-state index is 7.92. The Bertz CT molecular complexity index is 73.8. The van der Waals surface area contributed by atoms with Crippen LogP contribution in [0.5, 0.6) is 0 Å². The second-order valence-electron chi connectivity index (χ2n) is 3.12. The van der Waals surface area contributed by atoms with Gasteiger partial charge in [-0.1, -0.05) is 6.92 Å². The zero-order valence-corrected chi connectivity index (χ0v) is 8.74. The lowest BCUT2D eigenvalue weighted by molar-refractivity contribution is -0.0413. The van der Waals surface area contributed by atoms with Crippen LogP contribution in [-0.4, -0.2) is 28.7 Å². The fourth-order valence-electron chi connectivity index (χ4n) is 0.544. The maximum absolute atomic E-state index is 7.92. The molecule has 0 amide bonds. The summed E-state index contributed by atoms with van der Waals surface area (Å²) in [5, 5.41) is 15.8. The van der Waals surface area contributed by atoms with Gasteiger partial charge >= 0.3 is 0 Å². The fourth-order valence-corrected chi connectivity index (χ4v) is 0.544. The molecule has 0 aromatic heterocycles. The van der Waals surface area contributed by atoms with Crippen molar-refractivity contribution in [2.24, 2.45) is 0 Å². The van der Waals surface area contributed by atoms with E-state index in [1.165, 1.54) is 0 Å². The van der Waals surface area contributed by atoms with Crippen molar-refractivity contribution >= 4 is 0 Å². The predicted molar refractivity (Wildman–Crippen MR) is 49.9 cm³/mol. The van der Waals surface area contributed by atoms with E-state index in [9.17, 15) is 0 Å². The van der Waals surface area contributed by atoms with Crippen LogP contribution in [0.1, 0.15) is 41.0 Å². The third-order valence-electron chi connectivity index (χ3n) is 0.909. The molecule has 3 heteroatoms. The largest absolute Gasteiger partial charge is 0.376 e. The predicted octanol–water partition coefficient (Wildman–Crippen LogP) is 1.53. The molecule has 0 aliphatic heterocycles. The molecule has 0 spiro atoms. The normalized spacial score (nSPS) is 10.5. The summed E-state index contributed by atoms with van der Waals surface area (Å²) in [6.45, 7) is 9.87. The van der Waals surface area contributed by atoms with Crippen LogP contribution in [0.2, 0.25) is 0 Å². The highest BCUT2D eigenvalue weighted by atomic mass is 16.5. The highest BCUT2D eigenvalue weighted by molar-refractivity contribution is 4.40. The third-order valence-corrected chi connectivity index (χ3v) is 0.909. The molecule has 0 aliphatic rings. The van der Waals surface area contributed by atoms with Gasteiger partial charge in [0, 0.05) is 0 Å². The first-order valence-corrected chi connectivity index (χ1v) is 4.41. The van der Waals surface area contributed by atoms with Crippen molar-refractivity contribution in [1.29, 1.82) is 0 Å². The van der Waals surface area contributed by atoms with Crippen LogP contribution >= 0.6 is 0 Å². The summed E-state index contributed by atoms with van der Waals surface area (Å²) in [4.78, 5) is 0. The number of aliphatic hydroxyl groups is 2. The van der Waals surface area contributed by atoms with Gasteiger partial charge in [-0.2, -0.15) is 0 Å². The van der Waals surface area contributed by atoms with Crippen LogP contribution in [0.4, 0.5) is 0 Å². The topological polar surface area (TPSA) is 49.7 Å². The number of aliphatic hydroxyl groups excluding tert-OH is 1. The Kier molecular flexibility index (Phi) is 10.8. The van der Waals surface area contributed by atoms with Crippen molar-refractivity contribution in [2.75, 3.05) is 0 Å². The number of hydrogen-bond donors (Lipinski definition) is 2. The average molecular weight is 178 g/mol. The van der Waals surface area contributed by atoms with Crippen LogP contribution in [0.25, 0.3) is 0 Å². The van der Waals surface area contributed by atoms with E-state index >= 15 is 0 Å². The van der Waals surface area contributed by atoms with Crippen LogP contribution in [0.15, 0.2) is 0 Å². The van der Waals surface area contributed by atoms with E-state index in [2.05, 4.69) is 0 Å². The first kappa shape index (κ1) is 14.4. The highest BCUT2D eigenvalue weighted by Gasteiger charge is 1.94. The van der Waals surface area contributed by atoms with Gasteiger partial charge in [0.15, 0.2) is 6.29 Å². The Morgan fingerprint density at radius 3 is 1.25 bits per heavy atom. The number of rotatable bonds is 3. The van der Waals surface area contributed by atoms with E-state index in [0.29, 0.717) is 18.6 Å². The molecule has 3 nitrogen and oxygen atoms in total. The van der Waals surface area contributed by atoms with E-state index in [1.54, 1.807) is 6.92 Å². The molecule has 0 radical (unpaired) electrons. The molecule has 0 atom stereocenters. The lowest BCUT2D eigenvalue weighted by atomic mass is 10.4. The fraction of sp³-hybridized carbons (Fsp3) is 1.00. The molecule has 0 bridgehead atoms. The zero-order valence-electron chi connectivity index (χ0n) is 8.74. The summed E-state index contributed by atoms with van der Waals surface area (Å²) >= 11 is 0. The summed E-state index contributed by atoms with van der Waals surface area (Å²) < 4.78 is 5.25. The van der Waals surface area contributed by atoms with Crippen LogP contribution in [0.3, 0.4) is 0 Å². The van der Waals surface area contributed by atoms with E-state index < -0.39 is 6.29 Å². The number of hydrogen-bond acceptors (Lipinski definition) is 3. The van der Waals surface area contributed by atoms with E-state index in [0.717, 1.165) is 0 Å². The Morgan fingerprint density at radius 2 is 1.25 bits per heavy atom. The monoisotopic (exact) mass is 178 g/mol. The molecule has 0 aliphatic carbocycles. The molecule has 0 rings (SSSR count). The van der Waals surface area contributed by atoms with Gasteiger partial charge in [-0.3, -0.25) is 0 Å². The standard InChI is InChI=1S/C6H14O.C3H8O2/c1-5(2)7-6(3)4;1-2-3(4)5/h5-6H,1-4H3;3-5H,2H2,1H3. The molecular weight excluding hydrogens is 156 g/mol. The first-order valence-electron chi connectivity index (χ1n) is 4.41. The quantitative estimate of drug-likeness (QED) is 0.644. The lowest BCUT2D eigenvalue weighted by Crippen LogP contribution is -2.09. The molecule has 2 N–H and O–H groups in total. The van der Waals surface area contributed by atoms with Gasteiger partial charge in [0.25, 0.3) is 0 Å². The van der Waals surface area contributed by atoms with Crippen LogP contribution in [0, 0.1) is 0 Å². The molecule has 0 heterocycles. The summed E-state index contributed by atoms with van der Waals surface area (Å²) in [7, 11) is 0. The molecular formula is C9H22O3. The van der Waals surface area contributed by atoms with Crippen molar-refractivity contribution in [1.82, 2.24) is 0 Å². The van der Waals surface area contributed by atoms with Crippen molar-refractivity contribution in [3.63, 3.8) is 0 Å². The van der Waals surface area contributed by atoms with Crippen molar-refractivity contribution in [3.8, 4) is 0 Å². The van der Waals surface area contributed by atoms with Crippen LogP contribution in [-0.2, 0) is 4.74 Å². The van der Waals surface area contributed by atoms with E-state index in [4.69, 9.17) is 14.9 Å². The number of ether oxygens (including phenoxy) is 1. The second kappa shape index (κ2) is 8.97. The van der Waals surface area contributed by atoms with Gasteiger partial charge in [-0.25, -0.2) is 0 Å².